The summed E-state index contributed by atoms with van der Waals surface area (Å²) in [5, 5.41) is 0. The predicted octanol–water partition coefficient (Wildman–Crippen LogP) is 3.33. The van der Waals surface area contributed by atoms with E-state index in [1.165, 1.54) is 16.8 Å². The Labute approximate surface area is 132 Å². The summed E-state index contributed by atoms with van der Waals surface area (Å²) in [6, 6.07) is 19.0. The molecule has 2 N–H and O–H groups in total. The SMILES string of the molecule is NCc1ccc(N2CCC(OCc3ccccc3)CC2)cc1. The van der Waals surface area contributed by atoms with Crippen LogP contribution in [0.4, 0.5) is 5.69 Å². The number of anilines is 1. The Morgan fingerprint density at radius 2 is 1.59 bits per heavy atom. The summed E-state index contributed by atoms with van der Waals surface area (Å²) in [6.07, 6.45) is 2.55. The molecule has 2 aromatic carbocycles. The van der Waals surface area contributed by atoms with Crippen molar-refractivity contribution in [2.75, 3.05) is 18.0 Å². The zero-order chi connectivity index (χ0) is 15.2. The number of hydrogen-bond acceptors (Lipinski definition) is 3. The molecule has 1 aliphatic heterocycles. The minimum Gasteiger partial charge on any atom is -0.373 e. The molecule has 3 nitrogen and oxygen atoms in total. The highest BCUT2D eigenvalue weighted by Gasteiger charge is 2.19. The average Bonchev–Trinajstić information content (AvgIpc) is 2.61. The van der Waals surface area contributed by atoms with Gasteiger partial charge in [0.1, 0.15) is 0 Å². The number of piperidine rings is 1. The Morgan fingerprint density at radius 3 is 2.23 bits per heavy atom. The first-order valence-corrected chi connectivity index (χ1v) is 8.04. The third-order valence-electron chi connectivity index (χ3n) is 4.31. The van der Waals surface area contributed by atoms with Gasteiger partial charge in [-0.25, -0.2) is 0 Å². The summed E-state index contributed by atoms with van der Waals surface area (Å²) < 4.78 is 6.05. The van der Waals surface area contributed by atoms with Gasteiger partial charge in [-0.15, -0.1) is 0 Å². The maximum atomic E-state index is 6.05. The topological polar surface area (TPSA) is 38.5 Å². The Hall–Kier alpha value is -1.84. The van der Waals surface area contributed by atoms with E-state index in [0.717, 1.165) is 32.5 Å². The van der Waals surface area contributed by atoms with Crippen molar-refractivity contribution in [3.05, 3.63) is 65.7 Å². The van der Waals surface area contributed by atoms with Crippen molar-refractivity contribution in [1.29, 1.82) is 0 Å². The molecule has 0 spiro atoms. The van der Waals surface area contributed by atoms with E-state index in [9.17, 15) is 0 Å². The van der Waals surface area contributed by atoms with Crippen LogP contribution in [0.15, 0.2) is 54.6 Å². The molecule has 1 aliphatic rings. The second kappa shape index (κ2) is 7.43. The van der Waals surface area contributed by atoms with E-state index in [-0.39, 0.29) is 0 Å². The molecule has 3 heteroatoms. The number of nitrogens with zero attached hydrogens (tertiary/aromatic N) is 1. The lowest BCUT2D eigenvalue weighted by Crippen LogP contribution is -2.37. The molecule has 0 radical (unpaired) electrons. The van der Waals surface area contributed by atoms with Gasteiger partial charge in [-0.2, -0.15) is 0 Å². The molecule has 3 rings (SSSR count). The Morgan fingerprint density at radius 1 is 0.909 bits per heavy atom. The molecule has 0 saturated carbocycles. The van der Waals surface area contributed by atoms with Crippen LogP contribution in [0.25, 0.3) is 0 Å². The van der Waals surface area contributed by atoms with Crippen LogP contribution in [-0.2, 0) is 17.9 Å². The molecule has 1 fully saturated rings. The lowest BCUT2D eigenvalue weighted by Gasteiger charge is -2.33. The fourth-order valence-corrected chi connectivity index (χ4v) is 2.91. The van der Waals surface area contributed by atoms with Gasteiger partial charge in [-0.3, -0.25) is 0 Å². The monoisotopic (exact) mass is 296 g/mol. The van der Waals surface area contributed by atoms with Crippen molar-refractivity contribution in [3.8, 4) is 0 Å². The van der Waals surface area contributed by atoms with Gasteiger partial charge in [0.2, 0.25) is 0 Å². The van der Waals surface area contributed by atoms with Crippen molar-refractivity contribution in [2.24, 2.45) is 5.73 Å². The molecule has 0 aromatic heterocycles. The first-order chi connectivity index (χ1) is 10.8. The zero-order valence-electron chi connectivity index (χ0n) is 12.9. The van der Waals surface area contributed by atoms with Crippen LogP contribution in [0.5, 0.6) is 0 Å². The molecule has 0 aliphatic carbocycles. The van der Waals surface area contributed by atoms with Crippen LogP contribution in [-0.4, -0.2) is 19.2 Å². The fraction of sp³-hybridized carbons (Fsp3) is 0.368. The van der Waals surface area contributed by atoms with Crippen LogP contribution in [0.2, 0.25) is 0 Å². The van der Waals surface area contributed by atoms with Crippen molar-refractivity contribution in [1.82, 2.24) is 0 Å². The van der Waals surface area contributed by atoms with Crippen LogP contribution < -0.4 is 10.6 Å². The molecule has 2 aromatic rings. The molecule has 0 unspecified atom stereocenters. The Kier molecular flexibility index (Phi) is 5.09. The van der Waals surface area contributed by atoms with E-state index in [0.29, 0.717) is 12.6 Å². The molecule has 1 saturated heterocycles. The van der Waals surface area contributed by atoms with E-state index in [1.54, 1.807) is 0 Å². The van der Waals surface area contributed by atoms with Crippen LogP contribution in [0, 0.1) is 0 Å². The first kappa shape index (κ1) is 15.1. The summed E-state index contributed by atoms with van der Waals surface area (Å²) in [5.74, 6) is 0. The molecular formula is C19H24N2O. The van der Waals surface area contributed by atoms with Crippen LogP contribution >= 0.6 is 0 Å². The molecule has 116 valence electrons. The van der Waals surface area contributed by atoms with Crippen LogP contribution in [0.3, 0.4) is 0 Å². The van der Waals surface area contributed by atoms with Crippen LogP contribution in [0.1, 0.15) is 24.0 Å². The predicted molar refractivity (Wildman–Crippen MR) is 90.8 cm³/mol. The smallest absolute Gasteiger partial charge is 0.0720 e. The highest BCUT2D eigenvalue weighted by atomic mass is 16.5. The zero-order valence-corrected chi connectivity index (χ0v) is 12.9. The van der Waals surface area contributed by atoms with Gasteiger partial charge < -0.3 is 15.4 Å². The quantitative estimate of drug-likeness (QED) is 0.920. The van der Waals surface area contributed by atoms with Crippen molar-refractivity contribution in [2.45, 2.75) is 32.1 Å². The number of nitrogens with two attached hydrogens (primary N) is 1. The van der Waals surface area contributed by atoms with Crippen molar-refractivity contribution < 1.29 is 4.74 Å². The molecule has 22 heavy (non-hydrogen) atoms. The minimum absolute atomic E-state index is 0.375. The lowest BCUT2D eigenvalue weighted by molar-refractivity contribution is 0.0251. The maximum Gasteiger partial charge on any atom is 0.0720 e. The van der Waals surface area contributed by atoms with E-state index in [4.69, 9.17) is 10.5 Å². The molecule has 0 atom stereocenters. The van der Waals surface area contributed by atoms with Crippen molar-refractivity contribution >= 4 is 5.69 Å². The number of hydrogen-bond donors (Lipinski definition) is 1. The lowest BCUT2D eigenvalue weighted by atomic mass is 10.1. The third-order valence-corrected chi connectivity index (χ3v) is 4.31. The largest absolute Gasteiger partial charge is 0.373 e. The fourth-order valence-electron chi connectivity index (χ4n) is 2.91. The van der Waals surface area contributed by atoms with E-state index < -0.39 is 0 Å². The Bertz CT molecular complexity index is 560. The highest BCUT2D eigenvalue weighted by Crippen LogP contribution is 2.22. The molecule has 0 bridgehead atoms. The number of ether oxygens (including phenoxy) is 1. The average molecular weight is 296 g/mol. The number of benzene rings is 2. The van der Waals surface area contributed by atoms with Gasteiger partial charge in [0.15, 0.2) is 0 Å². The molecular weight excluding hydrogens is 272 g/mol. The first-order valence-electron chi connectivity index (χ1n) is 8.04. The van der Waals surface area contributed by atoms with E-state index >= 15 is 0 Å². The van der Waals surface area contributed by atoms with Gasteiger partial charge in [0.25, 0.3) is 0 Å². The van der Waals surface area contributed by atoms with Gasteiger partial charge in [0.05, 0.1) is 12.7 Å². The Balaban J connectivity index is 1.47. The van der Waals surface area contributed by atoms with Gasteiger partial charge in [0, 0.05) is 25.3 Å². The maximum absolute atomic E-state index is 6.05. The summed E-state index contributed by atoms with van der Waals surface area (Å²) in [6.45, 7) is 3.44. The van der Waals surface area contributed by atoms with Gasteiger partial charge in [-0.1, -0.05) is 42.5 Å². The minimum atomic E-state index is 0.375. The molecule has 1 heterocycles. The highest BCUT2D eigenvalue weighted by molar-refractivity contribution is 5.48. The third kappa shape index (κ3) is 3.87. The molecule has 0 amide bonds. The second-order valence-corrected chi connectivity index (χ2v) is 5.85. The van der Waals surface area contributed by atoms with E-state index in [2.05, 4.69) is 53.4 Å². The van der Waals surface area contributed by atoms with E-state index in [1.807, 2.05) is 6.07 Å². The second-order valence-electron chi connectivity index (χ2n) is 5.85. The number of rotatable bonds is 5. The summed E-state index contributed by atoms with van der Waals surface area (Å²) in [5.41, 5.74) is 9.38. The van der Waals surface area contributed by atoms with Gasteiger partial charge in [-0.05, 0) is 36.1 Å². The summed E-state index contributed by atoms with van der Waals surface area (Å²) in [4.78, 5) is 2.43. The summed E-state index contributed by atoms with van der Waals surface area (Å²) >= 11 is 0. The van der Waals surface area contributed by atoms with Crippen molar-refractivity contribution in [3.63, 3.8) is 0 Å². The standard InChI is InChI=1S/C19H24N2O/c20-14-16-6-8-18(9-7-16)21-12-10-19(11-13-21)22-15-17-4-2-1-3-5-17/h1-9,19H,10-15,20H2. The normalized spacial score (nSPS) is 16.0. The van der Waals surface area contributed by atoms with Gasteiger partial charge >= 0.3 is 0 Å². The summed E-state index contributed by atoms with van der Waals surface area (Å²) in [7, 11) is 0.